The van der Waals surface area contributed by atoms with Crippen molar-refractivity contribution in [2.24, 2.45) is 0 Å². The van der Waals surface area contributed by atoms with Gasteiger partial charge in [0.2, 0.25) is 0 Å². The number of hydrogen-bond acceptors (Lipinski definition) is 3. The molecule has 0 aliphatic rings. The summed E-state index contributed by atoms with van der Waals surface area (Å²) in [7, 11) is 0. The quantitative estimate of drug-likeness (QED) is 0.740. The highest BCUT2D eigenvalue weighted by Crippen LogP contribution is 2.24. The second kappa shape index (κ2) is 4.36. The van der Waals surface area contributed by atoms with Crippen molar-refractivity contribution in [1.29, 1.82) is 0 Å². The molecule has 0 saturated carbocycles. The van der Waals surface area contributed by atoms with E-state index < -0.39 is 0 Å². The normalized spacial score (nSPS) is 10.2. The van der Waals surface area contributed by atoms with Crippen molar-refractivity contribution in [2.45, 2.75) is 13.3 Å². The van der Waals surface area contributed by atoms with Gasteiger partial charge in [0.05, 0.1) is 5.69 Å². The molecule has 0 bridgehead atoms. The fraction of sp³-hybridized carbons (Fsp3) is 0.167. The van der Waals surface area contributed by atoms with Crippen molar-refractivity contribution in [1.82, 2.24) is 4.98 Å². The zero-order valence-electron chi connectivity index (χ0n) is 8.43. The number of aryl methyl sites for hydroxylation is 1. The topological polar surface area (TPSA) is 30.0 Å². The molecule has 1 aromatic heterocycles. The van der Waals surface area contributed by atoms with Gasteiger partial charge in [0.15, 0.2) is 0 Å². The van der Waals surface area contributed by atoms with E-state index >= 15 is 0 Å². The Labute approximate surface area is 92.6 Å². The average molecular weight is 217 g/mol. The third-order valence-corrected chi connectivity index (χ3v) is 3.05. The molecule has 76 valence electrons. The Kier molecular flexibility index (Phi) is 2.92. The molecule has 0 unspecified atom stereocenters. The summed E-state index contributed by atoms with van der Waals surface area (Å²) in [6.07, 6.45) is 1.29. The van der Waals surface area contributed by atoms with Crippen LogP contribution in [0.1, 0.15) is 11.3 Å². The molecular weight excluding hydrogens is 206 g/mol. The summed E-state index contributed by atoms with van der Waals surface area (Å²) < 4.78 is 0. The first-order chi connectivity index (χ1) is 7.29. The molecular formula is C12H11NOS. The Morgan fingerprint density at radius 3 is 3.07 bits per heavy atom. The Hall–Kier alpha value is -1.48. The van der Waals surface area contributed by atoms with Crippen LogP contribution in [0.2, 0.25) is 0 Å². The predicted octanol–water partition coefficient (Wildman–Crippen LogP) is 2.86. The third kappa shape index (κ3) is 2.30. The summed E-state index contributed by atoms with van der Waals surface area (Å²) in [5, 5.41) is 2.92. The lowest BCUT2D eigenvalue weighted by molar-refractivity contribution is -0.107. The van der Waals surface area contributed by atoms with Crippen molar-refractivity contribution in [3.05, 3.63) is 40.9 Å². The van der Waals surface area contributed by atoms with Gasteiger partial charge >= 0.3 is 0 Å². The lowest BCUT2D eigenvalue weighted by atomic mass is 10.1. The number of benzene rings is 1. The fourth-order valence-electron chi connectivity index (χ4n) is 1.40. The number of aromatic nitrogens is 1. The highest BCUT2D eigenvalue weighted by molar-refractivity contribution is 7.13. The van der Waals surface area contributed by atoms with Crippen LogP contribution in [0.25, 0.3) is 10.6 Å². The zero-order chi connectivity index (χ0) is 10.7. The second-order valence-corrected chi connectivity index (χ2v) is 4.24. The molecule has 3 heteroatoms. The standard InChI is InChI=1S/C12H11NOS/c1-9-3-2-4-10(7-9)12-13-11(5-6-14)8-15-12/h2-4,6-8H,5H2,1H3. The van der Waals surface area contributed by atoms with Gasteiger partial charge in [0.25, 0.3) is 0 Å². The van der Waals surface area contributed by atoms with Crippen molar-refractivity contribution >= 4 is 17.6 Å². The van der Waals surface area contributed by atoms with Gasteiger partial charge in [0, 0.05) is 17.4 Å². The van der Waals surface area contributed by atoms with Crippen LogP contribution in [0, 0.1) is 6.92 Å². The van der Waals surface area contributed by atoms with Gasteiger partial charge in [-0.2, -0.15) is 0 Å². The lowest BCUT2D eigenvalue weighted by Crippen LogP contribution is -1.85. The summed E-state index contributed by atoms with van der Waals surface area (Å²) >= 11 is 1.58. The fourth-order valence-corrected chi connectivity index (χ4v) is 2.23. The van der Waals surface area contributed by atoms with E-state index in [1.54, 1.807) is 11.3 Å². The number of carbonyl (C=O) groups is 1. The maximum absolute atomic E-state index is 10.3. The number of thiazole rings is 1. The lowest BCUT2D eigenvalue weighted by Gasteiger charge is -1.97. The zero-order valence-corrected chi connectivity index (χ0v) is 9.25. The van der Waals surface area contributed by atoms with Crippen LogP contribution in [0.4, 0.5) is 0 Å². The second-order valence-electron chi connectivity index (χ2n) is 3.38. The van der Waals surface area contributed by atoms with E-state index in [-0.39, 0.29) is 0 Å². The predicted molar refractivity (Wildman–Crippen MR) is 62.1 cm³/mol. The molecule has 0 fully saturated rings. The molecule has 15 heavy (non-hydrogen) atoms. The van der Waals surface area contributed by atoms with Crippen LogP contribution in [0.3, 0.4) is 0 Å². The highest BCUT2D eigenvalue weighted by Gasteiger charge is 2.03. The van der Waals surface area contributed by atoms with Crippen LogP contribution >= 0.6 is 11.3 Å². The van der Waals surface area contributed by atoms with Gasteiger partial charge in [0.1, 0.15) is 11.3 Å². The first-order valence-corrected chi connectivity index (χ1v) is 5.62. The van der Waals surface area contributed by atoms with Crippen molar-refractivity contribution in [3.63, 3.8) is 0 Å². The SMILES string of the molecule is Cc1cccc(-c2nc(CC=O)cs2)c1. The molecule has 0 radical (unpaired) electrons. The van der Waals surface area contributed by atoms with E-state index in [2.05, 4.69) is 24.0 Å². The largest absolute Gasteiger partial charge is 0.303 e. The number of hydrogen-bond donors (Lipinski definition) is 0. The third-order valence-electron chi connectivity index (χ3n) is 2.11. The first kappa shape index (κ1) is 10.1. The van der Waals surface area contributed by atoms with Gasteiger partial charge in [-0.15, -0.1) is 11.3 Å². The average Bonchev–Trinajstić information content (AvgIpc) is 2.67. The van der Waals surface area contributed by atoms with Gasteiger partial charge in [-0.1, -0.05) is 23.8 Å². The summed E-state index contributed by atoms with van der Waals surface area (Å²) in [4.78, 5) is 14.7. The Morgan fingerprint density at radius 2 is 2.33 bits per heavy atom. The maximum Gasteiger partial charge on any atom is 0.125 e. The molecule has 0 amide bonds. The monoisotopic (exact) mass is 217 g/mol. The molecule has 2 rings (SSSR count). The molecule has 2 nitrogen and oxygen atoms in total. The Morgan fingerprint density at radius 1 is 1.47 bits per heavy atom. The minimum atomic E-state index is 0.405. The van der Waals surface area contributed by atoms with Crippen LogP contribution in [0.15, 0.2) is 29.6 Å². The van der Waals surface area contributed by atoms with Gasteiger partial charge in [-0.05, 0) is 13.0 Å². The first-order valence-electron chi connectivity index (χ1n) is 4.74. The van der Waals surface area contributed by atoms with Gasteiger partial charge in [-0.25, -0.2) is 4.98 Å². The van der Waals surface area contributed by atoms with Crippen LogP contribution in [0.5, 0.6) is 0 Å². The maximum atomic E-state index is 10.3. The number of nitrogens with zero attached hydrogens (tertiary/aromatic N) is 1. The molecule has 2 aromatic rings. The summed E-state index contributed by atoms with van der Waals surface area (Å²) in [5.41, 5.74) is 3.20. The Bertz CT molecular complexity index is 476. The van der Waals surface area contributed by atoms with Crippen LogP contribution in [-0.4, -0.2) is 11.3 Å². The smallest absolute Gasteiger partial charge is 0.125 e. The van der Waals surface area contributed by atoms with Gasteiger partial charge in [-0.3, -0.25) is 0 Å². The van der Waals surface area contributed by atoms with E-state index in [0.29, 0.717) is 6.42 Å². The van der Waals surface area contributed by atoms with E-state index in [0.717, 1.165) is 22.6 Å². The van der Waals surface area contributed by atoms with Crippen LogP contribution in [-0.2, 0) is 11.2 Å². The highest BCUT2D eigenvalue weighted by atomic mass is 32.1. The van der Waals surface area contributed by atoms with E-state index in [1.807, 2.05) is 17.5 Å². The molecule has 0 saturated heterocycles. The molecule has 1 aromatic carbocycles. The minimum absolute atomic E-state index is 0.405. The van der Waals surface area contributed by atoms with E-state index in [1.165, 1.54) is 5.56 Å². The summed E-state index contributed by atoms with van der Waals surface area (Å²) in [5.74, 6) is 0. The molecule has 0 atom stereocenters. The van der Waals surface area contributed by atoms with Crippen molar-refractivity contribution < 1.29 is 4.79 Å². The molecule has 0 spiro atoms. The van der Waals surface area contributed by atoms with Crippen molar-refractivity contribution in [2.75, 3.05) is 0 Å². The van der Waals surface area contributed by atoms with Crippen molar-refractivity contribution in [3.8, 4) is 10.6 Å². The Balaban J connectivity index is 2.32. The molecule has 0 aliphatic heterocycles. The minimum Gasteiger partial charge on any atom is -0.303 e. The molecule has 0 aliphatic carbocycles. The molecule has 1 heterocycles. The van der Waals surface area contributed by atoms with E-state index in [4.69, 9.17) is 0 Å². The molecule has 0 N–H and O–H groups in total. The summed E-state index contributed by atoms with van der Waals surface area (Å²) in [6.45, 7) is 2.06. The number of carbonyl (C=O) groups excluding carboxylic acids is 1. The van der Waals surface area contributed by atoms with E-state index in [9.17, 15) is 4.79 Å². The number of rotatable bonds is 3. The van der Waals surface area contributed by atoms with Gasteiger partial charge < -0.3 is 4.79 Å². The van der Waals surface area contributed by atoms with Crippen LogP contribution < -0.4 is 0 Å². The number of aldehydes is 1. The summed E-state index contributed by atoms with van der Waals surface area (Å²) in [6, 6.07) is 8.22.